The van der Waals surface area contributed by atoms with E-state index in [-0.39, 0.29) is 17.4 Å². The van der Waals surface area contributed by atoms with Gasteiger partial charge < -0.3 is 15.8 Å². The molecule has 0 saturated carbocycles. The predicted molar refractivity (Wildman–Crippen MR) is 72.8 cm³/mol. The molecule has 0 heterocycles. The Morgan fingerprint density at radius 3 is 2.84 bits per heavy atom. The minimum Gasteiger partial charge on any atom is -0.496 e. The Morgan fingerprint density at radius 2 is 2.26 bits per heavy atom. The summed E-state index contributed by atoms with van der Waals surface area (Å²) in [6, 6.07) is 4.15. The van der Waals surface area contributed by atoms with Gasteiger partial charge in [-0.05, 0) is 18.6 Å². The largest absolute Gasteiger partial charge is 0.496 e. The van der Waals surface area contributed by atoms with Crippen LogP contribution in [0.25, 0.3) is 0 Å². The van der Waals surface area contributed by atoms with Gasteiger partial charge in [-0.3, -0.25) is 4.79 Å². The van der Waals surface area contributed by atoms with Gasteiger partial charge in [0.2, 0.25) is 0 Å². The summed E-state index contributed by atoms with van der Waals surface area (Å²) in [5, 5.41) is 2.75. The van der Waals surface area contributed by atoms with Gasteiger partial charge in [0.15, 0.2) is 0 Å². The molecule has 0 saturated heterocycles. The predicted octanol–water partition coefficient (Wildman–Crippen LogP) is 2.08. The highest BCUT2D eigenvalue weighted by Crippen LogP contribution is 2.21. The molecule has 0 bridgehead atoms. The molecule has 1 unspecified atom stereocenters. The van der Waals surface area contributed by atoms with Crippen LogP contribution >= 0.6 is 0 Å². The van der Waals surface area contributed by atoms with E-state index < -0.39 is 11.7 Å². The number of halogens is 1. The number of hydrogen-bond donors (Lipinski definition) is 2. The molecule has 0 aromatic heterocycles. The minimum absolute atomic E-state index is 0.0695. The third-order valence-corrected chi connectivity index (χ3v) is 2.95. The summed E-state index contributed by atoms with van der Waals surface area (Å²) in [5.41, 5.74) is 5.54. The van der Waals surface area contributed by atoms with Gasteiger partial charge in [0, 0.05) is 12.6 Å². The molecular formula is C14H21FN2O2. The Bertz CT molecular complexity index is 424. The zero-order valence-corrected chi connectivity index (χ0v) is 11.4. The highest BCUT2D eigenvalue weighted by atomic mass is 19.1. The second-order valence-electron chi connectivity index (χ2n) is 4.37. The van der Waals surface area contributed by atoms with Crippen molar-refractivity contribution >= 4 is 5.91 Å². The van der Waals surface area contributed by atoms with Crippen molar-refractivity contribution in [1.82, 2.24) is 5.32 Å². The lowest BCUT2D eigenvalue weighted by Gasteiger charge is -2.17. The molecule has 0 aliphatic heterocycles. The number of nitrogens with one attached hydrogen (secondary N) is 1. The van der Waals surface area contributed by atoms with E-state index in [9.17, 15) is 9.18 Å². The molecule has 1 aromatic carbocycles. The number of carbonyl (C=O) groups excluding carboxylic acids is 1. The van der Waals surface area contributed by atoms with Gasteiger partial charge in [-0.15, -0.1) is 0 Å². The normalized spacial score (nSPS) is 12.0. The van der Waals surface area contributed by atoms with E-state index in [2.05, 4.69) is 12.2 Å². The quantitative estimate of drug-likeness (QED) is 0.795. The molecule has 0 spiro atoms. The molecule has 0 fully saturated rings. The highest BCUT2D eigenvalue weighted by Gasteiger charge is 2.19. The van der Waals surface area contributed by atoms with Crippen molar-refractivity contribution in [3.63, 3.8) is 0 Å². The zero-order valence-electron chi connectivity index (χ0n) is 11.4. The summed E-state index contributed by atoms with van der Waals surface area (Å²) in [6.07, 6.45) is 2.78. The van der Waals surface area contributed by atoms with Crippen LogP contribution in [0.3, 0.4) is 0 Å². The Morgan fingerprint density at radius 1 is 1.53 bits per heavy atom. The van der Waals surface area contributed by atoms with Crippen LogP contribution in [0.1, 0.15) is 36.5 Å². The van der Waals surface area contributed by atoms with Crippen LogP contribution in [0.15, 0.2) is 18.2 Å². The third-order valence-electron chi connectivity index (χ3n) is 2.95. The number of hydrogen-bond acceptors (Lipinski definition) is 3. The lowest BCUT2D eigenvalue weighted by Crippen LogP contribution is -2.40. The zero-order chi connectivity index (χ0) is 14.3. The van der Waals surface area contributed by atoms with Gasteiger partial charge in [0.1, 0.15) is 17.1 Å². The molecule has 4 nitrogen and oxygen atoms in total. The Kier molecular flexibility index (Phi) is 6.29. The van der Waals surface area contributed by atoms with E-state index in [0.29, 0.717) is 6.54 Å². The SMILES string of the molecule is CCCCC(CN)NC(=O)c1c(F)cccc1OC. The highest BCUT2D eigenvalue weighted by molar-refractivity contribution is 5.97. The van der Waals surface area contributed by atoms with E-state index in [1.54, 1.807) is 6.07 Å². The van der Waals surface area contributed by atoms with Crippen molar-refractivity contribution in [3.8, 4) is 5.75 Å². The van der Waals surface area contributed by atoms with Gasteiger partial charge >= 0.3 is 0 Å². The second kappa shape index (κ2) is 7.74. The molecule has 1 atom stereocenters. The number of methoxy groups -OCH3 is 1. The van der Waals surface area contributed by atoms with Crippen LogP contribution < -0.4 is 15.8 Å². The number of carbonyl (C=O) groups is 1. The van der Waals surface area contributed by atoms with E-state index in [1.165, 1.54) is 19.2 Å². The van der Waals surface area contributed by atoms with Crippen LogP contribution in [-0.2, 0) is 0 Å². The number of unbranched alkanes of at least 4 members (excludes halogenated alkanes) is 1. The first-order valence-corrected chi connectivity index (χ1v) is 6.47. The summed E-state index contributed by atoms with van der Waals surface area (Å²) in [6.45, 7) is 2.40. The fraction of sp³-hybridized carbons (Fsp3) is 0.500. The molecule has 1 rings (SSSR count). The van der Waals surface area contributed by atoms with Gasteiger partial charge in [0.25, 0.3) is 5.91 Å². The van der Waals surface area contributed by atoms with Gasteiger partial charge in [0.05, 0.1) is 7.11 Å². The van der Waals surface area contributed by atoms with E-state index in [1.807, 2.05) is 0 Å². The minimum atomic E-state index is -0.594. The summed E-state index contributed by atoms with van der Waals surface area (Å²) in [7, 11) is 1.41. The molecule has 19 heavy (non-hydrogen) atoms. The molecule has 1 aromatic rings. The Balaban J connectivity index is 2.82. The van der Waals surface area contributed by atoms with Crippen molar-refractivity contribution in [2.24, 2.45) is 5.73 Å². The van der Waals surface area contributed by atoms with Gasteiger partial charge in [-0.2, -0.15) is 0 Å². The van der Waals surface area contributed by atoms with Crippen LogP contribution in [0.2, 0.25) is 0 Å². The molecule has 1 amide bonds. The lowest BCUT2D eigenvalue weighted by molar-refractivity contribution is 0.0928. The first-order chi connectivity index (χ1) is 9.13. The number of ether oxygens (including phenoxy) is 1. The summed E-state index contributed by atoms with van der Waals surface area (Å²) < 4.78 is 18.7. The van der Waals surface area contributed by atoms with Crippen LogP contribution in [0, 0.1) is 5.82 Å². The molecule has 0 aliphatic carbocycles. The lowest BCUT2D eigenvalue weighted by atomic mass is 10.1. The average molecular weight is 268 g/mol. The number of amides is 1. The smallest absolute Gasteiger partial charge is 0.258 e. The summed E-state index contributed by atoms with van der Waals surface area (Å²) in [5.74, 6) is -0.853. The molecule has 5 heteroatoms. The van der Waals surface area contributed by atoms with E-state index in [0.717, 1.165) is 19.3 Å². The van der Waals surface area contributed by atoms with Crippen LogP contribution in [-0.4, -0.2) is 25.6 Å². The standard InChI is InChI=1S/C14H21FN2O2/c1-3-4-6-10(9-16)17-14(18)13-11(15)7-5-8-12(13)19-2/h5,7-8,10H,3-4,6,9,16H2,1-2H3,(H,17,18). The fourth-order valence-corrected chi connectivity index (χ4v) is 1.85. The molecule has 0 radical (unpaired) electrons. The molecule has 3 N–H and O–H groups in total. The van der Waals surface area contributed by atoms with Crippen molar-refractivity contribution in [1.29, 1.82) is 0 Å². The van der Waals surface area contributed by atoms with E-state index >= 15 is 0 Å². The van der Waals surface area contributed by atoms with Crippen molar-refractivity contribution < 1.29 is 13.9 Å². The second-order valence-corrected chi connectivity index (χ2v) is 4.37. The first kappa shape index (κ1) is 15.4. The number of nitrogens with two attached hydrogens (primary N) is 1. The van der Waals surface area contributed by atoms with Gasteiger partial charge in [-0.25, -0.2) is 4.39 Å². The van der Waals surface area contributed by atoms with Crippen molar-refractivity contribution in [3.05, 3.63) is 29.6 Å². The number of benzene rings is 1. The van der Waals surface area contributed by atoms with Crippen LogP contribution in [0.4, 0.5) is 4.39 Å². The van der Waals surface area contributed by atoms with E-state index in [4.69, 9.17) is 10.5 Å². The topological polar surface area (TPSA) is 64.3 Å². The van der Waals surface area contributed by atoms with Crippen molar-refractivity contribution in [2.45, 2.75) is 32.2 Å². The third kappa shape index (κ3) is 4.21. The molecule has 106 valence electrons. The van der Waals surface area contributed by atoms with Gasteiger partial charge in [-0.1, -0.05) is 25.8 Å². The molecule has 0 aliphatic rings. The average Bonchev–Trinajstić information content (AvgIpc) is 2.42. The number of rotatable bonds is 7. The first-order valence-electron chi connectivity index (χ1n) is 6.47. The summed E-state index contributed by atoms with van der Waals surface area (Å²) in [4.78, 5) is 12.1. The Hall–Kier alpha value is -1.62. The maximum atomic E-state index is 13.7. The fourth-order valence-electron chi connectivity index (χ4n) is 1.85. The maximum Gasteiger partial charge on any atom is 0.258 e. The Labute approximate surface area is 113 Å². The maximum absolute atomic E-state index is 13.7. The summed E-state index contributed by atoms with van der Waals surface area (Å²) >= 11 is 0. The van der Waals surface area contributed by atoms with Crippen LogP contribution in [0.5, 0.6) is 5.75 Å². The van der Waals surface area contributed by atoms with Crippen molar-refractivity contribution in [2.75, 3.05) is 13.7 Å². The molecular weight excluding hydrogens is 247 g/mol. The monoisotopic (exact) mass is 268 g/mol.